The maximum Gasteiger partial charge on any atom is 0.167 e. The summed E-state index contributed by atoms with van der Waals surface area (Å²) in [6.07, 6.45) is 5.37. The Bertz CT molecular complexity index is 1400. The highest BCUT2D eigenvalue weighted by atomic mass is 19.2. The minimum atomic E-state index is -0.945. The zero-order valence-electron chi connectivity index (χ0n) is 22.6. The predicted octanol–water partition coefficient (Wildman–Crippen LogP) is 9.54. The van der Waals surface area contributed by atoms with Gasteiger partial charge in [0.2, 0.25) is 0 Å². The molecule has 208 valence electrons. The van der Waals surface area contributed by atoms with Gasteiger partial charge in [0, 0.05) is 11.1 Å². The van der Waals surface area contributed by atoms with E-state index in [4.69, 9.17) is 14.2 Å². The van der Waals surface area contributed by atoms with Crippen molar-refractivity contribution >= 4 is 0 Å². The number of ether oxygens (including phenoxy) is 3. The summed E-state index contributed by atoms with van der Waals surface area (Å²) >= 11 is 0. The van der Waals surface area contributed by atoms with Gasteiger partial charge in [-0.15, -0.1) is 6.58 Å². The van der Waals surface area contributed by atoms with E-state index < -0.39 is 17.5 Å². The second-order valence-corrected chi connectivity index (χ2v) is 9.36. The van der Waals surface area contributed by atoms with Gasteiger partial charge in [0.05, 0.1) is 13.2 Å². The highest BCUT2D eigenvalue weighted by Crippen LogP contribution is 2.30. The van der Waals surface area contributed by atoms with Crippen molar-refractivity contribution in [1.82, 2.24) is 0 Å². The summed E-state index contributed by atoms with van der Waals surface area (Å²) in [5, 5.41) is 0. The molecule has 0 bridgehead atoms. The molecule has 0 aromatic heterocycles. The molecule has 3 nitrogen and oxygen atoms in total. The van der Waals surface area contributed by atoms with Gasteiger partial charge in [0.1, 0.15) is 18.1 Å². The van der Waals surface area contributed by atoms with Crippen LogP contribution >= 0.6 is 0 Å². The molecular formula is C34H33F3O3. The van der Waals surface area contributed by atoms with Crippen LogP contribution in [0.3, 0.4) is 0 Å². The molecule has 40 heavy (non-hydrogen) atoms. The van der Waals surface area contributed by atoms with Gasteiger partial charge in [-0.2, -0.15) is 0 Å². The Labute approximate surface area is 233 Å². The van der Waals surface area contributed by atoms with E-state index in [2.05, 4.69) is 13.5 Å². The molecule has 0 saturated heterocycles. The third-order valence-electron chi connectivity index (χ3n) is 6.42. The Morgan fingerprint density at radius 2 is 1.32 bits per heavy atom. The Morgan fingerprint density at radius 1 is 0.675 bits per heavy atom. The van der Waals surface area contributed by atoms with E-state index in [1.54, 1.807) is 72.8 Å². The first-order valence-electron chi connectivity index (χ1n) is 13.5. The van der Waals surface area contributed by atoms with Crippen molar-refractivity contribution in [3.63, 3.8) is 0 Å². The zero-order chi connectivity index (χ0) is 28.3. The summed E-state index contributed by atoms with van der Waals surface area (Å²) < 4.78 is 61.1. The lowest BCUT2D eigenvalue weighted by molar-refractivity contribution is 0.296. The van der Waals surface area contributed by atoms with Crippen LogP contribution in [0.4, 0.5) is 13.2 Å². The summed E-state index contributed by atoms with van der Waals surface area (Å²) in [5.74, 6) is -0.921. The molecule has 0 amide bonds. The maximum atomic E-state index is 14.9. The fraction of sp³-hybridized carbons (Fsp3) is 0.235. The quantitative estimate of drug-likeness (QED) is 0.116. The summed E-state index contributed by atoms with van der Waals surface area (Å²) in [6.45, 7) is 6.64. The van der Waals surface area contributed by atoms with Crippen molar-refractivity contribution < 1.29 is 27.4 Å². The first kappa shape index (κ1) is 28.8. The van der Waals surface area contributed by atoms with Crippen LogP contribution < -0.4 is 14.2 Å². The van der Waals surface area contributed by atoms with Gasteiger partial charge in [-0.25, -0.2) is 13.2 Å². The largest absolute Gasteiger partial charge is 0.494 e. The number of allylic oxidation sites excluding steroid dienone is 1. The molecule has 0 spiro atoms. The fourth-order valence-electron chi connectivity index (χ4n) is 4.10. The van der Waals surface area contributed by atoms with Crippen molar-refractivity contribution in [1.29, 1.82) is 0 Å². The number of unbranched alkanes of at least 4 members (excludes halogenated alkanes) is 2. The molecule has 0 heterocycles. The molecule has 4 aromatic carbocycles. The SMILES string of the molecule is C=CCCCOc1ccc(-c2ccc(OCc3ccc(-c4ccc(OCCCC)cc4)c(F)c3F)cc2)cc1F. The van der Waals surface area contributed by atoms with E-state index in [1.807, 2.05) is 0 Å². The van der Waals surface area contributed by atoms with Crippen LogP contribution in [0.1, 0.15) is 38.2 Å². The lowest BCUT2D eigenvalue weighted by atomic mass is 10.0. The summed E-state index contributed by atoms with van der Waals surface area (Å²) in [7, 11) is 0. The maximum absolute atomic E-state index is 14.9. The molecule has 4 rings (SSSR count). The average molecular weight is 547 g/mol. The zero-order valence-corrected chi connectivity index (χ0v) is 22.6. The first-order valence-corrected chi connectivity index (χ1v) is 13.5. The van der Waals surface area contributed by atoms with Crippen LogP contribution in [0.5, 0.6) is 17.2 Å². The van der Waals surface area contributed by atoms with E-state index in [0.29, 0.717) is 35.8 Å². The topological polar surface area (TPSA) is 27.7 Å². The van der Waals surface area contributed by atoms with Crippen LogP contribution in [-0.4, -0.2) is 13.2 Å². The van der Waals surface area contributed by atoms with E-state index in [-0.39, 0.29) is 23.5 Å². The second kappa shape index (κ2) is 14.3. The van der Waals surface area contributed by atoms with Gasteiger partial charge in [-0.1, -0.05) is 61.9 Å². The molecular weight excluding hydrogens is 513 g/mol. The molecule has 6 heteroatoms. The lowest BCUT2D eigenvalue weighted by Gasteiger charge is -2.12. The third kappa shape index (κ3) is 7.47. The molecule has 0 aliphatic carbocycles. The van der Waals surface area contributed by atoms with Gasteiger partial charge in [0.25, 0.3) is 0 Å². The Balaban J connectivity index is 1.36. The number of halogens is 3. The molecule has 0 saturated carbocycles. The summed E-state index contributed by atoms with van der Waals surface area (Å²) in [6, 6.07) is 21.8. The first-order chi connectivity index (χ1) is 19.5. The molecule has 0 fully saturated rings. The fourth-order valence-corrected chi connectivity index (χ4v) is 4.10. The third-order valence-corrected chi connectivity index (χ3v) is 6.42. The minimum Gasteiger partial charge on any atom is -0.494 e. The van der Waals surface area contributed by atoms with Crippen molar-refractivity contribution in [3.05, 3.63) is 115 Å². The van der Waals surface area contributed by atoms with Crippen LogP contribution in [-0.2, 0) is 6.61 Å². The molecule has 0 aliphatic heterocycles. The predicted molar refractivity (Wildman–Crippen MR) is 153 cm³/mol. The summed E-state index contributed by atoms with van der Waals surface area (Å²) in [5.41, 5.74) is 2.31. The highest BCUT2D eigenvalue weighted by Gasteiger charge is 2.15. The molecule has 0 N–H and O–H groups in total. The van der Waals surface area contributed by atoms with Gasteiger partial charge in [0.15, 0.2) is 23.2 Å². The van der Waals surface area contributed by atoms with Crippen molar-refractivity contribution in [2.24, 2.45) is 0 Å². The van der Waals surface area contributed by atoms with Gasteiger partial charge in [-0.3, -0.25) is 0 Å². The second-order valence-electron chi connectivity index (χ2n) is 9.36. The van der Waals surface area contributed by atoms with Crippen molar-refractivity contribution in [2.75, 3.05) is 13.2 Å². The molecule has 0 aliphatic rings. The average Bonchev–Trinajstić information content (AvgIpc) is 2.98. The Hall–Kier alpha value is -4.19. The number of benzene rings is 4. The minimum absolute atomic E-state index is 0.107. The standard InChI is InChI=1S/C34H33F3O3/c1-3-5-7-21-39-32-19-13-26(22-31(32)35)24-8-14-29(15-9-24)40-23-27-12-18-30(34(37)33(27)36)25-10-16-28(17-11-25)38-20-6-4-2/h3,8-19,22H,1,4-7,20-21,23H2,2H3. The van der Waals surface area contributed by atoms with E-state index in [1.165, 1.54) is 12.1 Å². The van der Waals surface area contributed by atoms with Gasteiger partial charge < -0.3 is 14.2 Å². The molecule has 0 radical (unpaired) electrons. The van der Waals surface area contributed by atoms with Crippen LogP contribution in [0.15, 0.2) is 91.5 Å². The highest BCUT2D eigenvalue weighted by molar-refractivity contribution is 5.66. The number of rotatable bonds is 14. The van der Waals surface area contributed by atoms with E-state index in [9.17, 15) is 13.2 Å². The van der Waals surface area contributed by atoms with Crippen LogP contribution in [0.2, 0.25) is 0 Å². The van der Waals surface area contributed by atoms with Crippen LogP contribution in [0.25, 0.3) is 22.3 Å². The number of hydrogen-bond donors (Lipinski definition) is 0. The summed E-state index contributed by atoms with van der Waals surface area (Å²) in [4.78, 5) is 0. The van der Waals surface area contributed by atoms with E-state index >= 15 is 0 Å². The Kier molecular flexibility index (Phi) is 10.3. The monoisotopic (exact) mass is 546 g/mol. The molecule has 0 unspecified atom stereocenters. The van der Waals surface area contributed by atoms with Crippen LogP contribution in [0, 0.1) is 17.5 Å². The normalized spacial score (nSPS) is 10.8. The van der Waals surface area contributed by atoms with E-state index in [0.717, 1.165) is 31.2 Å². The van der Waals surface area contributed by atoms with Crippen molar-refractivity contribution in [2.45, 2.75) is 39.2 Å². The van der Waals surface area contributed by atoms with Gasteiger partial charge >= 0.3 is 0 Å². The smallest absolute Gasteiger partial charge is 0.167 e. The van der Waals surface area contributed by atoms with Gasteiger partial charge in [-0.05, 0) is 72.4 Å². The number of hydrogen-bond acceptors (Lipinski definition) is 3. The Morgan fingerprint density at radius 3 is 2.00 bits per heavy atom. The lowest BCUT2D eigenvalue weighted by Crippen LogP contribution is -2.02. The molecule has 0 atom stereocenters. The molecule has 4 aromatic rings. The van der Waals surface area contributed by atoms with Crippen molar-refractivity contribution in [3.8, 4) is 39.5 Å².